The van der Waals surface area contributed by atoms with Gasteiger partial charge in [0.05, 0.1) is 19.6 Å². The Balaban J connectivity index is 3.23. The van der Waals surface area contributed by atoms with Crippen LogP contribution in [0, 0.1) is 11.3 Å². The van der Waals surface area contributed by atoms with Crippen LogP contribution in [0.3, 0.4) is 0 Å². The lowest BCUT2D eigenvalue weighted by Gasteiger charge is -2.13. The average molecular weight is 325 g/mol. The lowest BCUT2D eigenvalue weighted by molar-refractivity contribution is -0.276. The minimum absolute atomic E-state index is 0.108. The van der Waals surface area contributed by atoms with Crippen LogP contribution in [0.2, 0.25) is 0 Å². The van der Waals surface area contributed by atoms with Gasteiger partial charge < -0.3 is 9.47 Å². The molecule has 0 N–H and O–H groups in total. The third kappa shape index (κ3) is 3.77. The van der Waals surface area contributed by atoms with Crippen molar-refractivity contribution in [3.63, 3.8) is 0 Å². The molecule has 0 atom stereocenters. The van der Waals surface area contributed by atoms with Gasteiger partial charge in [0, 0.05) is 17.0 Å². The smallest absolute Gasteiger partial charge is 0.494 e. The van der Waals surface area contributed by atoms with Crippen molar-refractivity contribution in [1.29, 1.82) is 5.26 Å². The molecule has 0 radical (unpaired) electrons. The first kappa shape index (κ1) is 14.6. The van der Waals surface area contributed by atoms with Crippen molar-refractivity contribution >= 4 is 15.9 Å². The number of rotatable bonds is 4. The van der Waals surface area contributed by atoms with E-state index in [-0.39, 0.29) is 23.2 Å². The Morgan fingerprint density at radius 1 is 1.50 bits per heavy atom. The van der Waals surface area contributed by atoms with Crippen LogP contribution in [0.25, 0.3) is 0 Å². The summed E-state index contributed by atoms with van der Waals surface area (Å²) in [6.45, 7) is 0. The molecule has 0 saturated heterocycles. The van der Waals surface area contributed by atoms with E-state index >= 15 is 0 Å². The van der Waals surface area contributed by atoms with Gasteiger partial charge in [-0.1, -0.05) is 15.9 Å². The molecule has 0 aliphatic carbocycles. The van der Waals surface area contributed by atoms with Gasteiger partial charge in [0.25, 0.3) is 0 Å². The van der Waals surface area contributed by atoms with Gasteiger partial charge in [-0.3, -0.25) is 0 Å². The summed E-state index contributed by atoms with van der Waals surface area (Å²) in [5, 5.41) is 8.86. The number of hydrogen-bond donors (Lipinski definition) is 0. The predicted molar refractivity (Wildman–Crippen MR) is 59.4 cm³/mol. The molecule has 0 saturated carbocycles. The van der Waals surface area contributed by atoms with E-state index in [1.165, 1.54) is 7.11 Å². The predicted octanol–water partition coefficient (Wildman–Crippen LogP) is 2.95. The largest absolute Gasteiger partial charge is 0.574 e. The van der Waals surface area contributed by atoms with Crippen molar-refractivity contribution in [1.82, 2.24) is 4.98 Å². The number of nitriles is 1. The van der Waals surface area contributed by atoms with E-state index in [1.54, 1.807) is 6.07 Å². The molecule has 1 aromatic rings. The van der Waals surface area contributed by atoms with E-state index in [9.17, 15) is 13.2 Å². The van der Waals surface area contributed by atoms with Gasteiger partial charge in [0.15, 0.2) is 0 Å². The number of nitrogens with zero attached hydrogens (tertiary/aromatic N) is 2. The van der Waals surface area contributed by atoms with E-state index in [2.05, 4.69) is 25.7 Å². The molecule has 0 bridgehead atoms. The highest BCUT2D eigenvalue weighted by atomic mass is 79.9. The van der Waals surface area contributed by atoms with Gasteiger partial charge >= 0.3 is 6.36 Å². The monoisotopic (exact) mass is 324 g/mol. The minimum atomic E-state index is -4.82. The van der Waals surface area contributed by atoms with Crippen molar-refractivity contribution in [2.75, 3.05) is 7.11 Å². The van der Waals surface area contributed by atoms with Gasteiger partial charge in [-0.2, -0.15) is 5.26 Å². The zero-order valence-electron chi connectivity index (χ0n) is 9.21. The topological polar surface area (TPSA) is 55.1 Å². The van der Waals surface area contributed by atoms with Gasteiger partial charge in [-0.15, -0.1) is 13.2 Å². The van der Waals surface area contributed by atoms with Crippen LogP contribution >= 0.6 is 15.9 Å². The molecule has 0 spiro atoms. The highest BCUT2D eigenvalue weighted by Crippen LogP contribution is 2.30. The molecule has 0 unspecified atom stereocenters. The van der Waals surface area contributed by atoms with Crippen LogP contribution < -0.4 is 9.47 Å². The normalized spacial score (nSPS) is 10.9. The Morgan fingerprint density at radius 3 is 2.61 bits per heavy atom. The fourth-order valence-corrected chi connectivity index (χ4v) is 1.75. The standard InChI is InChI=1S/C10H8BrF3N2O2/c1-17-9-6(5-11)4-8(18-10(12,13)14)16-7(9)2-3-15/h4H,2,5H2,1H3. The number of halogens is 4. The molecule has 0 amide bonds. The van der Waals surface area contributed by atoms with Gasteiger partial charge in [0.2, 0.25) is 5.88 Å². The van der Waals surface area contributed by atoms with Crippen LogP contribution in [0.5, 0.6) is 11.6 Å². The van der Waals surface area contributed by atoms with E-state index in [0.717, 1.165) is 6.07 Å². The van der Waals surface area contributed by atoms with Gasteiger partial charge in [-0.05, 0) is 0 Å². The summed E-state index contributed by atoms with van der Waals surface area (Å²) >= 11 is 3.12. The number of methoxy groups -OCH3 is 1. The summed E-state index contributed by atoms with van der Waals surface area (Å²) in [7, 11) is 1.36. The number of aromatic nitrogens is 1. The van der Waals surface area contributed by atoms with Crippen molar-refractivity contribution in [3.8, 4) is 17.7 Å². The SMILES string of the molecule is COc1c(CBr)cc(OC(F)(F)F)nc1CC#N. The Bertz CT molecular complexity index is 471. The first-order valence-electron chi connectivity index (χ1n) is 4.66. The second-order valence-corrected chi connectivity index (χ2v) is 3.68. The summed E-state index contributed by atoms with van der Waals surface area (Å²) in [4.78, 5) is 3.62. The molecular formula is C10H8BrF3N2O2. The fraction of sp³-hybridized carbons (Fsp3) is 0.400. The molecule has 8 heteroatoms. The van der Waals surface area contributed by atoms with Crippen molar-refractivity contribution in [2.24, 2.45) is 0 Å². The Morgan fingerprint density at radius 2 is 2.17 bits per heavy atom. The number of pyridine rings is 1. The summed E-state index contributed by atoms with van der Waals surface area (Å²) in [6, 6.07) is 2.92. The molecule has 0 aromatic carbocycles. The van der Waals surface area contributed by atoms with E-state index in [4.69, 9.17) is 10.00 Å². The zero-order chi connectivity index (χ0) is 13.8. The maximum Gasteiger partial charge on any atom is 0.574 e. The average Bonchev–Trinajstić information content (AvgIpc) is 2.26. The number of hydrogen-bond acceptors (Lipinski definition) is 4. The molecular weight excluding hydrogens is 317 g/mol. The second kappa shape index (κ2) is 5.91. The van der Waals surface area contributed by atoms with Crippen LogP contribution in [0.4, 0.5) is 13.2 Å². The molecule has 98 valence electrons. The van der Waals surface area contributed by atoms with Gasteiger partial charge in [0.1, 0.15) is 11.4 Å². The van der Waals surface area contributed by atoms with Crippen LogP contribution in [0.15, 0.2) is 6.07 Å². The first-order valence-corrected chi connectivity index (χ1v) is 5.79. The summed E-state index contributed by atoms with van der Waals surface area (Å²) in [5.74, 6) is -0.328. The maximum absolute atomic E-state index is 12.1. The quantitative estimate of drug-likeness (QED) is 0.799. The lowest BCUT2D eigenvalue weighted by Crippen LogP contribution is -2.18. The molecule has 0 aliphatic rings. The van der Waals surface area contributed by atoms with E-state index < -0.39 is 12.2 Å². The molecule has 4 nitrogen and oxygen atoms in total. The summed E-state index contributed by atoms with van der Waals surface area (Å²) < 4.78 is 45.1. The maximum atomic E-state index is 12.1. The lowest BCUT2D eigenvalue weighted by atomic mass is 10.2. The van der Waals surface area contributed by atoms with E-state index in [0.29, 0.717) is 5.56 Å². The van der Waals surface area contributed by atoms with Gasteiger partial charge in [-0.25, -0.2) is 4.98 Å². The molecule has 1 rings (SSSR count). The number of alkyl halides is 4. The highest BCUT2D eigenvalue weighted by molar-refractivity contribution is 9.08. The first-order chi connectivity index (χ1) is 8.41. The summed E-state index contributed by atoms with van der Waals surface area (Å²) in [6.07, 6.45) is -4.99. The highest BCUT2D eigenvalue weighted by Gasteiger charge is 2.32. The van der Waals surface area contributed by atoms with Crippen LogP contribution in [-0.2, 0) is 11.8 Å². The molecule has 0 aliphatic heterocycles. The fourth-order valence-electron chi connectivity index (χ4n) is 1.33. The summed E-state index contributed by atoms with van der Waals surface area (Å²) in [5.41, 5.74) is 0.535. The Hall–Kier alpha value is -1.49. The minimum Gasteiger partial charge on any atom is -0.494 e. The van der Waals surface area contributed by atoms with Crippen molar-refractivity contribution in [2.45, 2.75) is 18.1 Å². The zero-order valence-corrected chi connectivity index (χ0v) is 10.8. The van der Waals surface area contributed by atoms with E-state index in [1.807, 2.05) is 0 Å². The van der Waals surface area contributed by atoms with Crippen LogP contribution in [-0.4, -0.2) is 18.5 Å². The van der Waals surface area contributed by atoms with Crippen molar-refractivity contribution < 1.29 is 22.6 Å². The molecule has 1 aromatic heterocycles. The molecule has 18 heavy (non-hydrogen) atoms. The second-order valence-electron chi connectivity index (χ2n) is 3.12. The number of ether oxygens (including phenoxy) is 2. The third-order valence-corrected chi connectivity index (χ3v) is 2.52. The third-order valence-electron chi connectivity index (χ3n) is 1.91. The van der Waals surface area contributed by atoms with Crippen LogP contribution in [0.1, 0.15) is 11.3 Å². The van der Waals surface area contributed by atoms with Crippen molar-refractivity contribution in [3.05, 3.63) is 17.3 Å². The Labute approximate surface area is 109 Å². The Kier molecular flexibility index (Phi) is 4.78. The molecule has 1 heterocycles. The molecule has 0 fully saturated rings.